The van der Waals surface area contributed by atoms with Crippen molar-refractivity contribution >= 4 is 11.8 Å². The van der Waals surface area contributed by atoms with Gasteiger partial charge in [0.05, 0.1) is 25.9 Å². The Labute approximate surface area is 112 Å². The summed E-state index contributed by atoms with van der Waals surface area (Å²) in [5, 5.41) is 0. The number of nitrogens with two attached hydrogens (primary N) is 1. The molecule has 1 aliphatic heterocycles. The number of aryl methyl sites for hydroxylation is 1. The van der Waals surface area contributed by atoms with Crippen LogP contribution < -0.4 is 16.0 Å². The number of hydrazine groups is 1. The van der Waals surface area contributed by atoms with E-state index in [1.165, 1.54) is 5.56 Å². The maximum atomic E-state index is 5.80. The summed E-state index contributed by atoms with van der Waals surface area (Å²) in [6, 6.07) is 6.07. The topological polar surface area (TPSA) is 56.5 Å². The number of thioether (sulfide) groups is 1. The highest BCUT2D eigenvalue weighted by Gasteiger charge is 2.26. The smallest absolute Gasteiger partial charge is 0.119 e. The lowest BCUT2D eigenvalue weighted by atomic mass is 9.97. The lowest BCUT2D eigenvalue weighted by Crippen LogP contribution is -2.41. The summed E-state index contributed by atoms with van der Waals surface area (Å²) in [6.07, 6.45) is 0.126. The van der Waals surface area contributed by atoms with E-state index in [1.54, 1.807) is 7.11 Å². The van der Waals surface area contributed by atoms with Crippen LogP contribution >= 0.6 is 11.8 Å². The second-order valence-electron chi connectivity index (χ2n) is 4.35. The number of hydrogen-bond donors (Lipinski definition) is 2. The highest BCUT2D eigenvalue weighted by molar-refractivity contribution is 7.99. The van der Waals surface area contributed by atoms with Gasteiger partial charge < -0.3 is 9.47 Å². The molecule has 0 bridgehead atoms. The molecule has 0 radical (unpaired) electrons. The number of hydrogen-bond acceptors (Lipinski definition) is 5. The van der Waals surface area contributed by atoms with Crippen LogP contribution in [-0.4, -0.2) is 31.3 Å². The molecule has 0 aliphatic carbocycles. The molecular formula is C13H20N2O2S. The molecule has 0 aromatic heterocycles. The zero-order chi connectivity index (χ0) is 13.0. The average molecular weight is 268 g/mol. The Balaban J connectivity index is 2.20. The third-order valence-corrected chi connectivity index (χ3v) is 4.22. The summed E-state index contributed by atoms with van der Waals surface area (Å²) in [7, 11) is 1.67. The Morgan fingerprint density at radius 3 is 2.94 bits per heavy atom. The quantitative estimate of drug-likeness (QED) is 0.642. The first-order chi connectivity index (χ1) is 8.76. The van der Waals surface area contributed by atoms with Crippen LogP contribution in [0.25, 0.3) is 0 Å². The number of methoxy groups -OCH3 is 1. The van der Waals surface area contributed by atoms with Crippen LogP contribution in [0.4, 0.5) is 0 Å². The molecule has 2 rings (SSSR count). The van der Waals surface area contributed by atoms with Crippen molar-refractivity contribution in [1.82, 2.24) is 5.43 Å². The number of rotatable bonds is 4. The van der Waals surface area contributed by atoms with Crippen LogP contribution in [0.5, 0.6) is 5.75 Å². The van der Waals surface area contributed by atoms with E-state index in [1.807, 2.05) is 23.9 Å². The maximum Gasteiger partial charge on any atom is 0.119 e. The summed E-state index contributed by atoms with van der Waals surface area (Å²) in [6.45, 7) is 2.86. The molecule has 2 unspecified atom stereocenters. The van der Waals surface area contributed by atoms with Gasteiger partial charge in [0.2, 0.25) is 0 Å². The van der Waals surface area contributed by atoms with E-state index in [2.05, 4.69) is 18.4 Å². The van der Waals surface area contributed by atoms with E-state index in [4.69, 9.17) is 15.3 Å². The molecule has 1 aromatic carbocycles. The summed E-state index contributed by atoms with van der Waals surface area (Å²) in [5.74, 6) is 8.61. The van der Waals surface area contributed by atoms with Gasteiger partial charge in [-0.3, -0.25) is 11.3 Å². The highest BCUT2D eigenvalue weighted by atomic mass is 32.2. The van der Waals surface area contributed by atoms with Gasteiger partial charge in [0, 0.05) is 11.5 Å². The van der Waals surface area contributed by atoms with Gasteiger partial charge in [-0.2, -0.15) is 11.8 Å². The van der Waals surface area contributed by atoms with Gasteiger partial charge in [-0.1, -0.05) is 6.07 Å². The average Bonchev–Trinajstić information content (AvgIpc) is 2.42. The van der Waals surface area contributed by atoms with E-state index in [0.717, 1.165) is 29.4 Å². The Morgan fingerprint density at radius 1 is 1.56 bits per heavy atom. The standard InChI is InChI=1S/C13H20N2O2S/c1-9-7-10(16-2)3-4-11(9)13(15-14)12-8-18-6-5-17-12/h3-4,7,12-13,15H,5-6,8,14H2,1-2H3. The Kier molecular flexibility index (Phi) is 4.88. The van der Waals surface area contributed by atoms with E-state index in [9.17, 15) is 0 Å². The van der Waals surface area contributed by atoms with Gasteiger partial charge in [-0.25, -0.2) is 0 Å². The predicted molar refractivity (Wildman–Crippen MR) is 74.9 cm³/mol. The summed E-state index contributed by atoms with van der Waals surface area (Å²) < 4.78 is 11.0. The maximum absolute atomic E-state index is 5.80. The van der Waals surface area contributed by atoms with Crippen LogP contribution in [-0.2, 0) is 4.74 Å². The molecule has 5 heteroatoms. The summed E-state index contributed by atoms with van der Waals surface area (Å²) in [4.78, 5) is 0. The molecule has 0 spiro atoms. The first kappa shape index (κ1) is 13.7. The Morgan fingerprint density at radius 2 is 2.39 bits per heavy atom. The van der Waals surface area contributed by atoms with Crippen molar-refractivity contribution in [3.63, 3.8) is 0 Å². The van der Waals surface area contributed by atoms with Gasteiger partial charge in [0.1, 0.15) is 5.75 Å². The van der Waals surface area contributed by atoms with Crippen molar-refractivity contribution in [3.05, 3.63) is 29.3 Å². The molecule has 0 amide bonds. The predicted octanol–water partition coefficient (Wildman–Crippen LogP) is 1.64. The van der Waals surface area contributed by atoms with Gasteiger partial charge in [-0.05, 0) is 30.2 Å². The number of benzene rings is 1. The molecule has 4 nitrogen and oxygen atoms in total. The van der Waals surface area contributed by atoms with Crippen LogP contribution in [0, 0.1) is 6.92 Å². The fraction of sp³-hybridized carbons (Fsp3) is 0.538. The lowest BCUT2D eigenvalue weighted by molar-refractivity contribution is 0.0466. The normalized spacial score (nSPS) is 21.6. The Bertz CT molecular complexity index is 395. The second kappa shape index (κ2) is 6.43. The SMILES string of the molecule is COc1ccc(C(NN)C2CSCCO2)c(C)c1. The minimum atomic E-state index is 0.0312. The van der Waals surface area contributed by atoms with Crippen LogP contribution in [0.15, 0.2) is 18.2 Å². The van der Waals surface area contributed by atoms with Crippen LogP contribution in [0.2, 0.25) is 0 Å². The number of nitrogens with one attached hydrogen (secondary N) is 1. The molecule has 1 aliphatic rings. The molecule has 100 valence electrons. The molecule has 1 aromatic rings. The van der Waals surface area contributed by atoms with Gasteiger partial charge in [0.15, 0.2) is 0 Å². The minimum absolute atomic E-state index is 0.0312. The summed E-state index contributed by atoms with van der Waals surface area (Å²) in [5.41, 5.74) is 5.22. The van der Waals surface area contributed by atoms with Gasteiger partial charge >= 0.3 is 0 Å². The second-order valence-corrected chi connectivity index (χ2v) is 5.50. The van der Waals surface area contributed by atoms with Crippen molar-refractivity contribution in [3.8, 4) is 5.75 Å². The van der Waals surface area contributed by atoms with Crippen molar-refractivity contribution < 1.29 is 9.47 Å². The van der Waals surface area contributed by atoms with Crippen molar-refractivity contribution in [2.75, 3.05) is 25.2 Å². The van der Waals surface area contributed by atoms with Crippen LogP contribution in [0.1, 0.15) is 17.2 Å². The fourth-order valence-electron chi connectivity index (χ4n) is 2.22. The molecule has 3 N–H and O–H groups in total. The van der Waals surface area contributed by atoms with Crippen molar-refractivity contribution in [2.24, 2.45) is 5.84 Å². The highest BCUT2D eigenvalue weighted by Crippen LogP contribution is 2.28. The Hall–Kier alpha value is -0.750. The van der Waals surface area contributed by atoms with Gasteiger partial charge in [0.25, 0.3) is 0 Å². The van der Waals surface area contributed by atoms with Gasteiger partial charge in [-0.15, -0.1) is 0 Å². The van der Waals surface area contributed by atoms with E-state index in [0.29, 0.717) is 0 Å². The largest absolute Gasteiger partial charge is 0.497 e. The molecule has 1 fully saturated rings. The third kappa shape index (κ3) is 2.98. The van der Waals surface area contributed by atoms with Crippen LogP contribution in [0.3, 0.4) is 0 Å². The van der Waals surface area contributed by atoms with Crippen molar-refractivity contribution in [2.45, 2.75) is 19.1 Å². The molecule has 2 atom stereocenters. The van der Waals surface area contributed by atoms with E-state index < -0.39 is 0 Å². The van der Waals surface area contributed by atoms with E-state index in [-0.39, 0.29) is 12.1 Å². The lowest BCUT2D eigenvalue weighted by Gasteiger charge is -2.30. The number of ether oxygens (including phenoxy) is 2. The first-order valence-corrected chi connectivity index (χ1v) is 7.21. The molecule has 0 saturated carbocycles. The summed E-state index contributed by atoms with van der Waals surface area (Å²) >= 11 is 1.91. The molecular weight excluding hydrogens is 248 g/mol. The minimum Gasteiger partial charge on any atom is -0.497 e. The first-order valence-electron chi connectivity index (χ1n) is 6.06. The zero-order valence-electron chi connectivity index (χ0n) is 10.8. The van der Waals surface area contributed by atoms with E-state index >= 15 is 0 Å². The molecule has 1 heterocycles. The monoisotopic (exact) mass is 268 g/mol. The fourth-order valence-corrected chi connectivity index (χ4v) is 3.12. The molecule has 1 saturated heterocycles. The zero-order valence-corrected chi connectivity index (χ0v) is 11.6. The van der Waals surface area contributed by atoms with Crippen molar-refractivity contribution in [1.29, 1.82) is 0 Å². The molecule has 18 heavy (non-hydrogen) atoms. The third-order valence-electron chi connectivity index (χ3n) is 3.21.